The third-order valence-electron chi connectivity index (χ3n) is 1.68. The molecule has 0 saturated heterocycles. The molecular formula is C8H19NO. The van der Waals surface area contributed by atoms with E-state index in [1.807, 2.05) is 14.1 Å². The summed E-state index contributed by atoms with van der Waals surface area (Å²) in [6.07, 6.45) is 1.07. The molecule has 0 radical (unpaired) electrons. The van der Waals surface area contributed by atoms with Gasteiger partial charge in [-0.3, -0.25) is 0 Å². The lowest BCUT2D eigenvalue weighted by Gasteiger charge is -2.23. The van der Waals surface area contributed by atoms with E-state index < -0.39 is 0 Å². The maximum atomic E-state index is 8.90. The Hall–Kier alpha value is -0.0800. The molecule has 0 spiro atoms. The summed E-state index contributed by atoms with van der Waals surface area (Å²) in [5, 5.41) is 8.90. The van der Waals surface area contributed by atoms with Gasteiger partial charge in [-0.05, 0) is 26.4 Å². The van der Waals surface area contributed by atoms with Gasteiger partial charge < -0.3 is 10.0 Å². The second-order valence-corrected chi connectivity index (χ2v) is 3.43. The fourth-order valence-corrected chi connectivity index (χ4v) is 0.993. The van der Waals surface area contributed by atoms with Crippen LogP contribution in [0.2, 0.25) is 0 Å². The van der Waals surface area contributed by atoms with Crippen molar-refractivity contribution in [3.63, 3.8) is 0 Å². The van der Waals surface area contributed by atoms with Crippen LogP contribution < -0.4 is 0 Å². The summed E-state index contributed by atoms with van der Waals surface area (Å²) in [7, 11) is 4.01. The van der Waals surface area contributed by atoms with E-state index in [9.17, 15) is 0 Å². The summed E-state index contributed by atoms with van der Waals surface area (Å²) in [5.41, 5.74) is 0. The van der Waals surface area contributed by atoms with Gasteiger partial charge in [-0.2, -0.15) is 0 Å². The highest BCUT2D eigenvalue weighted by Gasteiger charge is 2.10. The van der Waals surface area contributed by atoms with Crippen molar-refractivity contribution in [3.8, 4) is 0 Å². The van der Waals surface area contributed by atoms with Gasteiger partial charge in [-0.25, -0.2) is 0 Å². The standard InChI is InChI=1S/C8H19NO/c1-7(2)5-8(6-10)9(3)4/h7-8,10H,5-6H2,1-4H3. The van der Waals surface area contributed by atoms with Crippen LogP contribution in [0, 0.1) is 5.92 Å². The second-order valence-electron chi connectivity index (χ2n) is 3.43. The van der Waals surface area contributed by atoms with Crippen LogP contribution in [0.15, 0.2) is 0 Å². The third-order valence-corrected chi connectivity index (χ3v) is 1.68. The van der Waals surface area contributed by atoms with Gasteiger partial charge in [0.25, 0.3) is 0 Å². The monoisotopic (exact) mass is 145 g/mol. The molecule has 10 heavy (non-hydrogen) atoms. The molecule has 0 aliphatic heterocycles. The summed E-state index contributed by atoms with van der Waals surface area (Å²) in [6.45, 7) is 4.61. The van der Waals surface area contributed by atoms with Crippen molar-refractivity contribution in [2.24, 2.45) is 5.92 Å². The third kappa shape index (κ3) is 3.85. The largest absolute Gasteiger partial charge is 0.395 e. The highest BCUT2D eigenvalue weighted by molar-refractivity contribution is 4.65. The van der Waals surface area contributed by atoms with Gasteiger partial charge in [0.1, 0.15) is 0 Å². The Morgan fingerprint density at radius 3 is 1.90 bits per heavy atom. The average molecular weight is 145 g/mol. The Morgan fingerprint density at radius 2 is 1.80 bits per heavy atom. The molecule has 2 nitrogen and oxygen atoms in total. The molecule has 0 aromatic rings. The maximum Gasteiger partial charge on any atom is 0.0586 e. The van der Waals surface area contributed by atoms with E-state index in [0.717, 1.165) is 6.42 Å². The van der Waals surface area contributed by atoms with Gasteiger partial charge in [0.2, 0.25) is 0 Å². The second kappa shape index (κ2) is 4.69. The number of hydrogen-bond acceptors (Lipinski definition) is 2. The summed E-state index contributed by atoms with van der Waals surface area (Å²) < 4.78 is 0. The first-order chi connectivity index (χ1) is 4.57. The van der Waals surface area contributed by atoms with Crippen molar-refractivity contribution in [2.75, 3.05) is 20.7 Å². The normalized spacial score (nSPS) is 14.7. The fourth-order valence-electron chi connectivity index (χ4n) is 0.993. The van der Waals surface area contributed by atoms with Crippen molar-refractivity contribution in [1.82, 2.24) is 4.90 Å². The van der Waals surface area contributed by atoms with Crippen molar-refractivity contribution in [1.29, 1.82) is 0 Å². The molecule has 0 aromatic heterocycles. The minimum absolute atomic E-state index is 0.269. The quantitative estimate of drug-likeness (QED) is 0.637. The van der Waals surface area contributed by atoms with E-state index in [-0.39, 0.29) is 6.61 Å². The number of likely N-dealkylation sites (N-methyl/N-ethyl adjacent to an activating group) is 1. The van der Waals surface area contributed by atoms with Gasteiger partial charge in [0.05, 0.1) is 6.61 Å². The van der Waals surface area contributed by atoms with Crippen molar-refractivity contribution < 1.29 is 5.11 Å². The molecule has 0 aromatic carbocycles. The first kappa shape index (κ1) is 9.92. The molecule has 2 heteroatoms. The number of aliphatic hydroxyl groups excluding tert-OH is 1. The zero-order valence-electron chi connectivity index (χ0n) is 7.46. The fraction of sp³-hybridized carbons (Fsp3) is 1.00. The van der Waals surface area contributed by atoms with Crippen LogP contribution >= 0.6 is 0 Å². The summed E-state index contributed by atoms with van der Waals surface area (Å²) in [4.78, 5) is 2.07. The van der Waals surface area contributed by atoms with Crippen molar-refractivity contribution >= 4 is 0 Å². The van der Waals surface area contributed by atoms with Gasteiger partial charge in [0.15, 0.2) is 0 Å². The predicted octanol–water partition coefficient (Wildman–Crippen LogP) is 0.955. The predicted molar refractivity (Wildman–Crippen MR) is 44.0 cm³/mol. The van der Waals surface area contributed by atoms with E-state index in [0.29, 0.717) is 12.0 Å². The smallest absolute Gasteiger partial charge is 0.0586 e. The van der Waals surface area contributed by atoms with Crippen molar-refractivity contribution in [3.05, 3.63) is 0 Å². The zero-order valence-corrected chi connectivity index (χ0v) is 7.46. The van der Waals surface area contributed by atoms with Gasteiger partial charge in [-0.15, -0.1) is 0 Å². The van der Waals surface area contributed by atoms with E-state index >= 15 is 0 Å². The molecule has 1 N–H and O–H groups in total. The first-order valence-electron chi connectivity index (χ1n) is 3.85. The lowest BCUT2D eigenvalue weighted by molar-refractivity contribution is 0.150. The molecule has 0 bridgehead atoms. The Balaban J connectivity index is 3.60. The Kier molecular flexibility index (Phi) is 4.65. The summed E-state index contributed by atoms with van der Waals surface area (Å²) in [6, 6.07) is 0.333. The lowest BCUT2D eigenvalue weighted by atomic mass is 10.0. The Labute approximate surface area is 63.8 Å². The van der Waals surface area contributed by atoms with Gasteiger partial charge in [-0.1, -0.05) is 13.8 Å². The number of hydrogen-bond donors (Lipinski definition) is 1. The molecule has 0 aliphatic carbocycles. The first-order valence-corrected chi connectivity index (χ1v) is 3.85. The zero-order chi connectivity index (χ0) is 8.15. The number of nitrogens with zero attached hydrogens (tertiary/aromatic N) is 1. The minimum atomic E-state index is 0.269. The highest BCUT2D eigenvalue weighted by Crippen LogP contribution is 2.07. The van der Waals surface area contributed by atoms with E-state index in [2.05, 4.69) is 18.7 Å². The molecule has 0 heterocycles. The molecule has 0 rings (SSSR count). The van der Waals surface area contributed by atoms with Crippen molar-refractivity contribution in [2.45, 2.75) is 26.3 Å². The molecule has 1 unspecified atom stereocenters. The number of aliphatic hydroxyl groups is 1. The molecule has 0 fully saturated rings. The summed E-state index contributed by atoms with van der Waals surface area (Å²) in [5.74, 6) is 0.666. The van der Waals surface area contributed by atoms with Crippen LogP contribution in [0.1, 0.15) is 20.3 Å². The molecule has 0 amide bonds. The Morgan fingerprint density at radius 1 is 1.30 bits per heavy atom. The topological polar surface area (TPSA) is 23.5 Å². The van der Waals surface area contributed by atoms with Gasteiger partial charge >= 0.3 is 0 Å². The molecule has 0 aliphatic rings. The minimum Gasteiger partial charge on any atom is -0.395 e. The van der Waals surface area contributed by atoms with E-state index in [1.165, 1.54) is 0 Å². The highest BCUT2D eigenvalue weighted by atomic mass is 16.3. The number of rotatable bonds is 4. The van der Waals surface area contributed by atoms with E-state index in [4.69, 9.17) is 5.11 Å². The van der Waals surface area contributed by atoms with Crippen LogP contribution in [-0.4, -0.2) is 36.8 Å². The van der Waals surface area contributed by atoms with E-state index in [1.54, 1.807) is 0 Å². The molecule has 62 valence electrons. The molecular weight excluding hydrogens is 126 g/mol. The average Bonchev–Trinajstić information content (AvgIpc) is 1.81. The maximum absolute atomic E-state index is 8.90. The van der Waals surface area contributed by atoms with Crippen LogP contribution in [-0.2, 0) is 0 Å². The lowest BCUT2D eigenvalue weighted by Crippen LogP contribution is -2.32. The molecule has 0 saturated carbocycles. The Bertz CT molecular complexity index is 81.3. The summed E-state index contributed by atoms with van der Waals surface area (Å²) >= 11 is 0. The van der Waals surface area contributed by atoms with Crippen LogP contribution in [0.25, 0.3) is 0 Å². The molecule has 1 atom stereocenters. The van der Waals surface area contributed by atoms with Crippen LogP contribution in [0.3, 0.4) is 0 Å². The van der Waals surface area contributed by atoms with Crippen LogP contribution in [0.4, 0.5) is 0 Å². The van der Waals surface area contributed by atoms with Gasteiger partial charge in [0, 0.05) is 6.04 Å². The van der Waals surface area contributed by atoms with Crippen LogP contribution in [0.5, 0.6) is 0 Å². The SMILES string of the molecule is CC(C)CC(CO)N(C)C.